The minimum Gasteiger partial charge on any atom is -0.480 e. The van der Waals surface area contributed by atoms with E-state index >= 15 is 0 Å². The van der Waals surface area contributed by atoms with Gasteiger partial charge in [0, 0.05) is 17.8 Å². The van der Waals surface area contributed by atoms with Crippen LogP contribution in [0.2, 0.25) is 0 Å². The summed E-state index contributed by atoms with van der Waals surface area (Å²) < 4.78 is 18.7. The van der Waals surface area contributed by atoms with E-state index in [-0.39, 0.29) is 5.82 Å². The Morgan fingerprint density at radius 3 is 2.88 bits per heavy atom. The van der Waals surface area contributed by atoms with E-state index in [1.807, 2.05) is 35.4 Å². The fourth-order valence-electron chi connectivity index (χ4n) is 2.58. The third-order valence-corrected chi connectivity index (χ3v) is 3.82. The monoisotopic (exact) mass is 323 g/mol. The first kappa shape index (κ1) is 16.0. The van der Waals surface area contributed by atoms with E-state index < -0.39 is 0 Å². The van der Waals surface area contributed by atoms with Gasteiger partial charge in [-0.3, -0.25) is 0 Å². The second-order valence-corrected chi connectivity index (χ2v) is 5.35. The van der Waals surface area contributed by atoms with Crippen molar-refractivity contribution in [3.8, 4) is 5.88 Å². The summed E-state index contributed by atoms with van der Waals surface area (Å²) in [5, 5.41) is 8.35. The molecule has 1 aromatic heterocycles. The van der Waals surface area contributed by atoms with Gasteiger partial charge < -0.3 is 9.64 Å². The summed E-state index contributed by atoms with van der Waals surface area (Å²) in [4.78, 5) is 1.99. The molecule has 1 aliphatic heterocycles. The lowest BCUT2D eigenvalue weighted by molar-refractivity contribution is 0.388. The first-order valence-corrected chi connectivity index (χ1v) is 7.76. The van der Waals surface area contributed by atoms with Crippen LogP contribution in [0.15, 0.2) is 54.4 Å². The van der Waals surface area contributed by atoms with Crippen molar-refractivity contribution < 1.29 is 9.13 Å². The maximum Gasteiger partial charge on any atom is 0.233 e. The molecule has 2 aromatic rings. The van der Waals surface area contributed by atoms with Gasteiger partial charge in [-0.25, -0.2) is 4.39 Å². The van der Waals surface area contributed by atoms with Crippen LogP contribution in [-0.2, 0) is 13.0 Å². The highest BCUT2D eigenvalue weighted by molar-refractivity contribution is 5.65. The SMILES string of the molecule is CCc1cc(OC)nnc1CN1C=CC=C=C1c1cccc(F)c1. The van der Waals surface area contributed by atoms with E-state index in [2.05, 4.69) is 22.9 Å². The van der Waals surface area contributed by atoms with Crippen LogP contribution in [0.25, 0.3) is 5.70 Å². The third kappa shape index (κ3) is 3.36. The smallest absolute Gasteiger partial charge is 0.233 e. The van der Waals surface area contributed by atoms with Gasteiger partial charge in [0.25, 0.3) is 0 Å². The molecular formula is C19H18FN3O. The van der Waals surface area contributed by atoms with Gasteiger partial charge >= 0.3 is 0 Å². The molecule has 0 N–H and O–H groups in total. The van der Waals surface area contributed by atoms with Gasteiger partial charge in [0.15, 0.2) is 0 Å². The lowest BCUT2D eigenvalue weighted by Gasteiger charge is -2.24. The van der Waals surface area contributed by atoms with Crippen LogP contribution >= 0.6 is 0 Å². The molecule has 1 aliphatic rings. The predicted octanol–water partition coefficient (Wildman–Crippen LogP) is 3.71. The summed E-state index contributed by atoms with van der Waals surface area (Å²) in [6.45, 7) is 2.60. The van der Waals surface area contributed by atoms with Gasteiger partial charge in [-0.2, -0.15) is 0 Å². The molecule has 0 atom stereocenters. The molecule has 0 saturated carbocycles. The summed E-state index contributed by atoms with van der Waals surface area (Å²) in [7, 11) is 1.58. The maximum absolute atomic E-state index is 13.6. The van der Waals surface area contributed by atoms with E-state index in [1.54, 1.807) is 13.2 Å². The summed E-state index contributed by atoms with van der Waals surface area (Å²) in [6.07, 6.45) is 6.47. The average molecular weight is 323 g/mol. The Morgan fingerprint density at radius 2 is 2.12 bits per heavy atom. The summed E-state index contributed by atoms with van der Waals surface area (Å²) in [6, 6.07) is 8.40. The molecule has 24 heavy (non-hydrogen) atoms. The Morgan fingerprint density at radius 1 is 1.25 bits per heavy atom. The topological polar surface area (TPSA) is 38.3 Å². The van der Waals surface area contributed by atoms with Crippen LogP contribution in [-0.4, -0.2) is 22.2 Å². The number of hydrogen-bond acceptors (Lipinski definition) is 4. The second kappa shape index (κ2) is 7.11. The number of nitrogens with zero attached hydrogens (tertiary/aromatic N) is 3. The van der Waals surface area contributed by atoms with E-state index in [4.69, 9.17) is 4.74 Å². The van der Waals surface area contributed by atoms with Crippen LogP contribution in [0, 0.1) is 5.82 Å². The van der Waals surface area contributed by atoms with Gasteiger partial charge in [0.05, 0.1) is 25.0 Å². The molecule has 122 valence electrons. The van der Waals surface area contributed by atoms with Crippen LogP contribution in [0.5, 0.6) is 5.88 Å². The molecule has 5 heteroatoms. The number of rotatable bonds is 5. The van der Waals surface area contributed by atoms with E-state index in [9.17, 15) is 4.39 Å². The zero-order chi connectivity index (χ0) is 16.9. The summed E-state index contributed by atoms with van der Waals surface area (Å²) in [5.74, 6) is 0.236. The molecule has 0 unspecified atom stereocenters. The van der Waals surface area contributed by atoms with E-state index in [1.165, 1.54) is 12.1 Å². The molecule has 0 bridgehead atoms. The number of aryl methyl sites for hydroxylation is 1. The number of methoxy groups -OCH3 is 1. The molecule has 3 rings (SSSR count). The number of ether oxygens (including phenoxy) is 1. The number of allylic oxidation sites excluding steroid dienone is 2. The number of benzene rings is 1. The third-order valence-electron chi connectivity index (χ3n) is 3.82. The van der Waals surface area contributed by atoms with Crippen LogP contribution < -0.4 is 4.74 Å². The highest BCUT2D eigenvalue weighted by atomic mass is 19.1. The molecule has 2 heterocycles. The van der Waals surface area contributed by atoms with Crippen molar-refractivity contribution >= 4 is 5.70 Å². The molecular weight excluding hydrogens is 305 g/mol. The molecule has 0 aliphatic carbocycles. The molecule has 0 spiro atoms. The fraction of sp³-hybridized carbons (Fsp3) is 0.211. The van der Waals surface area contributed by atoms with Gasteiger partial charge in [0.1, 0.15) is 5.82 Å². The van der Waals surface area contributed by atoms with E-state index in [0.29, 0.717) is 12.4 Å². The van der Waals surface area contributed by atoms with Crippen LogP contribution in [0.1, 0.15) is 23.7 Å². The molecule has 0 saturated heterocycles. The van der Waals surface area contributed by atoms with Crippen molar-refractivity contribution in [1.82, 2.24) is 15.1 Å². The zero-order valence-corrected chi connectivity index (χ0v) is 13.7. The Balaban J connectivity index is 1.92. The Bertz CT molecular complexity index is 838. The van der Waals surface area contributed by atoms with Gasteiger partial charge in [-0.1, -0.05) is 24.8 Å². The minimum atomic E-state index is -0.269. The Kier molecular flexibility index (Phi) is 4.73. The van der Waals surface area contributed by atoms with Crippen molar-refractivity contribution in [2.24, 2.45) is 0 Å². The Labute approximate surface area is 140 Å². The first-order chi connectivity index (χ1) is 11.7. The standard InChI is InChI=1S/C19H18FN3O/c1-3-14-12-19(24-2)22-21-17(14)13-23-10-5-4-9-18(23)15-7-6-8-16(20)11-15/h4-8,10-12H,3,13H2,1-2H3. The zero-order valence-electron chi connectivity index (χ0n) is 13.7. The molecule has 4 nitrogen and oxygen atoms in total. The number of aromatic nitrogens is 2. The lowest BCUT2D eigenvalue weighted by Crippen LogP contribution is -2.18. The van der Waals surface area contributed by atoms with E-state index in [0.717, 1.165) is 28.9 Å². The summed E-state index contributed by atoms with van der Waals surface area (Å²) >= 11 is 0. The predicted molar refractivity (Wildman–Crippen MR) is 90.5 cm³/mol. The molecule has 0 radical (unpaired) electrons. The molecule has 1 aromatic carbocycles. The number of hydrogen-bond donors (Lipinski definition) is 0. The average Bonchev–Trinajstić information content (AvgIpc) is 2.62. The highest BCUT2D eigenvalue weighted by Gasteiger charge is 2.15. The summed E-state index contributed by atoms with van der Waals surface area (Å²) in [5.41, 5.74) is 6.69. The minimum absolute atomic E-state index is 0.269. The largest absolute Gasteiger partial charge is 0.480 e. The van der Waals surface area contributed by atoms with Gasteiger partial charge in [0.2, 0.25) is 5.88 Å². The van der Waals surface area contributed by atoms with Gasteiger partial charge in [-0.05, 0) is 36.3 Å². The van der Waals surface area contributed by atoms with Crippen LogP contribution in [0.4, 0.5) is 4.39 Å². The second-order valence-electron chi connectivity index (χ2n) is 5.35. The molecule has 0 amide bonds. The van der Waals surface area contributed by atoms with Crippen molar-refractivity contribution in [2.45, 2.75) is 19.9 Å². The van der Waals surface area contributed by atoms with Crippen molar-refractivity contribution in [3.63, 3.8) is 0 Å². The van der Waals surface area contributed by atoms with Gasteiger partial charge in [-0.15, -0.1) is 10.2 Å². The van der Waals surface area contributed by atoms with Crippen molar-refractivity contribution in [1.29, 1.82) is 0 Å². The number of halogens is 1. The van der Waals surface area contributed by atoms with Crippen molar-refractivity contribution in [3.05, 3.63) is 77.1 Å². The van der Waals surface area contributed by atoms with Crippen molar-refractivity contribution in [2.75, 3.05) is 7.11 Å². The lowest BCUT2D eigenvalue weighted by atomic mass is 10.1. The molecule has 0 fully saturated rings. The Hall–Kier alpha value is -2.91. The fourth-order valence-corrected chi connectivity index (χ4v) is 2.58. The normalized spacial score (nSPS) is 13.1. The quantitative estimate of drug-likeness (QED) is 0.786. The first-order valence-electron chi connectivity index (χ1n) is 7.76. The van der Waals surface area contributed by atoms with Crippen LogP contribution in [0.3, 0.4) is 0 Å². The highest BCUT2D eigenvalue weighted by Crippen LogP contribution is 2.25. The maximum atomic E-state index is 13.6.